The van der Waals surface area contributed by atoms with Gasteiger partial charge < -0.3 is 20.1 Å². The Morgan fingerprint density at radius 3 is 2.52 bits per heavy atom. The van der Waals surface area contributed by atoms with Gasteiger partial charge in [-0.2, -0.15) is 0 Å². The summed E-state index contributed by atoms with van der Waals surface area (Å²) in [5, 5.41) is 11.7. The number of ether oxygens (including phenoxy) is 1. The van der Waals surface area contributed by atoms with E-state index in [9.17, 15) is 9.59 Å². The maximum Gasteiger partial charge on any atom is 0.309 e. The molecule has 0 radical (unpaired) electrons. The topological polar surface area (TPSA) is 91.8 Å². The standard InChI is InChI=1S/C18H27N3O4/c1-18(2,3)25-17(24)13-7-10-21(11-8-13)15-5-4-14(12-20-15)19-9-6-16(22)23/h4-5,12-13,19H,6-11H2,1-3H3,(H,22,23). The van der Waals surface area contributed by atoms with E-state index in [0.717, 1.165) is 37.4 Å². The molecule has 0 saturated carbocycles. The summed E-state index contributed by atoms with van der Waals surface area (Å²) in [7, 11) is 0. The van der Waals surface area contributed by atoms with Crippen molar-refractivity contribution in [1.82, 2.24) is 4.98 Å². The molecule has 2 heterocycles. The summed E-state index contributed by atoms with van der Waals surface area (Å²) in [6.07, 6.45) is 3.29. The van der Waals surface area contributed by atoms with Gasteiger partial charge in [0.15, 0.2) is 0 Å². The molecule has 1 aromatic heterocycles. The Morgan fingerprint density at radius 1 is 1.32 bits per heavy atom. The second-order valence-electron chi connectivity index (χ2n) is 7.27. The number of carboxylic acids is 1. The molecule has 2 N–H and O–H groups in total. The summed E-state index contributed by atoms with van der Waals surface area (Å²) >= 11 is 0. The molecule has 0 atom stereocenters. The molecular formula is C18H27N3O4. The molecule has 7 heteroatoms. The number of rotatable bonds is 6. The molecule has 138 valence electrons. The first-order chi connectivity index (χ1) is 11.7. The Kier molecular flexibility index (Phi) is 6.22. The van der Waals surface area contributed by atoms with Crippen molar-refractivity contribution in [3.05, 3.63) is 18.3 Å². The molecular weight excluding hydrogens is 322 g/mol. The summed E-state index contributed by atoms with van der Waals surface area (Å²) in [4.78, 5) is 29.2. The van der Waals surface area contributed by atoms with Crippen LogP contribution >= 0.6 is 0 Å². The Labute approximate surface area is 148 Å². The van der Waals surface area contributed by atoms with Crippen LogP contribution in [0.3, 0.4) is 0 Å². The molecule has 1 aliphatic heterocycles. The van der Waals surface area contributed by atoms with Crippen LogP contribution in [0.15, 0.2) is 18.3 Å². The van der Waals surface area contributed by atoms with E-state index < -0.39 is 11.6 Å². The minimum Gasteiger partial charge on any atom is -0.481 e. The summed E-state index contributed by atoms with van der Waals surface area (Å²) in [6, 6.07) is 3.81. The summed E-state index contributed by atoms with van der Waals surface area (Å²) < 4.78 is 5.47. The minimum atomic E-state index is -0.829. The fourth-order valence-electron chi connectivity index (χ4n) is 2.72. The van der Waals surface area contributed by atoms with Crippen LogP contribution in [0.4, 0.5) is 11.5 Å². The predicted molar refractivity (Wildman–Crippen MR) is 95.8 cm³/mol. The van der Waals surface area contributed by atoms with Gasteiger partial charge in [-0.05, 0) is 45.7 Å². The van der Waals surface area contributed by atoms with Crippen LogP contribution in [0.2, 0.25) is 0 Å². The van der Waals surface area contributed by atoms with Crippen LogP contribution in [-0.4, -0.2) is 47.3 Å². The number of aliphatic carboxylic acids is 1. The minimum absolute atomic E-state index is 0.0487. The highest BCUT2D eigenvalue weighted by Gasteiger charge is 2.29. The second-order valence-corrected chi connectivity index (χ2v) is 7.27. The van der Waals surface area contributed by atoms with Gasteiger partial charge in [0.25, 0.3) is 0 Å². The number of carboxylic acid groups (broad SMARTS) is 1. The highest BCUT2D eigenvalue weighted by atomic mass is 16.6. The van der Waals surface area contributed by atoms with Gasteiger partial charge in [0, 0.05) is 19.6 Å². The lowest BCUT2D eigenvalue weighted by atomic mass is 9.96. The van der Waals surface area contributed by atoms with Gasteiger partial charge in [-0.1, -0.05) is 0 Å². The molecule has 1 fully saturated rings. The predicted octanol–water partition coefficient (Wildman–Crippen LogP) is 2.53. The zero-order valence-corrected chi connectivity index (χ0v) is 15.1. The molecule has 0 amide bonds. The zero-order chi connectivity index (χ0) is 18.4. The lowest BCUT2D eigenvalue weighted by Gasteiger charge is -2.33. The molecule has 0 aliphatic carbocycles. The smallest absolute Gasteiger partial charge is 0.309 e. The van der Waals surface area contributed by atoms with Crippen LogP contribution in [0.5, 0.6) is 0 Å². The highest BCUT2D eigenvalue weighted by molar-refractivity contribution is 5.73. The normalized spacial score (nSPS) is 15.7. The zero-order valence-electron chi connectivity index (χ0n) is 15.1. The van der Waals surface area contributed by atoms with E-state index in [1.165, 1.54) is 0 Å². The quantitative estimate of drug-likeness (QED) is 0.762. The molecule has 0 spiro atoms. The van der Waals surface area contributed by atoms with Crippen LogP contribution in [-0.2, 0) is 14.3 Å². The van der Waals surface area contributed by atoms with Gasteiger partial charge >= 0.3 is 11.9 Å². The Morgan fingerprint density at radius 2 is 2.00 bits per heavy atom. The van der Waals surface area contributed by atoms with Crippen molar-refractivity contribution < 1.29 is 19.4 Å². The van der Waals surface area contributed by atoms with E-state index in [1.807, 2.05) is 32.9 Å². The van der Waals surface area contributed by atoms with Gasteiger partial charge in [0.2, 0.25) is 0 Å². The summed E-state index contributed by atoms with van der Waals surface area (Å²) in [5.41, 5.74) is 0.354. The number of nitrogens with zero attached hydrogens (tertiary/aromatic N) is 2. The van der Waals surface area contributed by atoms with E-state index in [4.69, 9.17) is 9.84 Å². The van der Waals surface area contributed by atoms with Crippen molar-refractivity contribution in [2.24, 2.45) is 5.92 Å². The van der Waals surface area contributed by atoms with Gasteiger partial charge in [0.05, 0.1) is 24.2 Å². The number of pyridine rings is 1. The third-order valence-corrected chi connectivity index (χ3v) is 3.97. The van der Waals surface area contributed by atoms with Gasteiger partial charge in [0.1, 0.15) is 11.4 Å². The largest absolute Gasteiger partial charge is 0.481 e. The average molecular weight is 349 g/mol. The Bertz CT molecular complexity index is 587. The maximum atomic E-state index is 12.1. The number of hydrogen-bond acceptors (Lipinski definition) is 6. The van der Waals surface area contributed by atoms with Gasteiger partial charge in [-0.3, -0.25) is 9.59 Å². The number of hydrogen-bond donors (Lipinski definition) is 2. The molecule has 25 heavy (non-hydrogen) atoms. The molecule has 1 aromatic rings. The number of carbonyl (C=O) groups is 2. The second kappa shape index (κ2) is 8.18. The van der Waals surface area contributed by atoms with E-state index in [0.29, 0.717) is 6.54 Å². The first-order valence-electron chi connectivity index (χ1n) is 8.64. The van der Waals surface area contributed by atoms with Crippen LogP contribution < -0.4 is 10.2 Å². The molecule has 7 nitrogen and oxygen atoms in total. The van der Waals surface area contributed by atoms with Crippen LogP contribution in [0.25, 0.3) is 0 Å². The van der Waals surface area contributed by atoms with E-state index in [2.05, 4.69) is 15.2 Å². The number of esters is 1. The molecule has 1 saturated heterocycles. The van der Waals surface area contributed by atoms with E-state index in [-0.39, 0.29) is 18.3 Å². The fraction of sp³-hybridized carbons (Fsp3) is 0.611. The monoisotopic (exact) mass is 349 g/mol. The SMILES string of the molecule is CC(C)(C)OC(=O)C1CCN(c2ccc(NCCC(=O)O)cn2)CC1. The number of aromatic nitrogens is 1. The van der Waals surface area contributed by atoms with Crippen LogP contribution in [0, 0.1) is 5.92 Å². The van der Waals surface area contributed by atoms with E-state index >= 15 is 0 Å². The van der Waals surface area contributed by atoms with Crippen molar-refractivity contribution in [3.63, 3.8) is 0 Å². The maximum absolute atomic E-state index is 12.1. The first kappa shape index (κ1) is 19.0. The molecule has 1 aliphatic rings. The Balaban J connectivity index is 1.82. The molecule has 0 unspecified atom stereocenters. The first-order valence-corrected chi connectivity index (χ1v) is 8.64. The molecule has 2 rings (SSSR count). The lowest BCUT2D eigenvalue weighted by Crippen LogP contribution is -2.39. The summed E-state index contributed by atoms with van der Waals surface area (Å²) in [6.45, 7) is 7.56. The molecule has 0 aromatic carbocycles. The van der Waals surface area contributed by atoms with Gasteiger partial charge in [-0.25, -0.2) is 4.98 Å². The third kappa shape index (κ3) is 6.25. The average Bonchev–Trinajstić information content (AvgIpc) is 2.54. The third-order valence-electron chi connectivity index (χ3n) is 3.97. The number of nitrogens with one attached hydrogen (secondary N) is 1. The number of carbonyl (C=O) groups excluding carboxylic acids is 1. The van der Waals surface area contributed by atoms with Crippen molar-refractivity contribution in [2.45, 2.75) is 45.6 Å². The lowest BCUT2D eigenvalue weighted by molar-refractivity contribution is -0.160. The van der Waals surface area contributed by atoms with Crippen molar-refractivity contribution in [1.29, 1.82) is 0 Å². The van der Waals surface area contributed by atoms with Crippen molar-refractivity contribution >= 4 is 23.4 Å². The number of anilines is 2. The fourth-order valence-corrected chi connectivity index (χ4v) is 2.72. The van der Waals surface area contributed by atoms with E-state index in [1.54, 1.807) is 6.20 Å². The summed E-state index contributed by atoms with van der Waals surface area (Å²) in [5.74, 6) is -0.123. The Hall–Kier alpha value is -2.31. The van der Waals surface area contributed by atoms with Crippen molar-refractivity contribution in [2.75, 3.05) is 29.9 Å². The van der Waals surface area contributed by atoms with Gasteiger partial charge in [-0.15, -0.1) is 0 Å². The number of piperidine rings is 1. The van der Waals surface area contributed by atoms with Crippen LogP contribution in [0.1, 0.15) is 40.0 Å². The highest BCUT2D eigenvalue weighted by Crippen LogP contribution is 2.25. The van der Waals surface area contributed by atoms with Crippen molar-refractivity contribution in [3.8, 4) is 0 Å². The molecule has 0 bridgehead atoms.